The largest absolute Gasteiger partial charge is 0.434 e. The highest BCUT2D eigenvalue weighted by Crippen LogP contribution is 2.48. The summed E-state index contributed by atoms with van der Waals surface area (Å²) in [7, 11) is 0. The van der Waals surface area contributed by atoms with Crippen molar-refractivity contribution in [2.45, 2.75) is 58.7 Å². The summed E-state index contributed by atoms with van der Waals surface area (Å²) in [6.45, 7) is 10.6. The van der Waals surface area contributed by atoms with E-state index in [-0.39, 0.29) is 34.7 Å². The SMILES string of the molecule is CCN(C(=O)c1cc(F)ccc1Oc1nncnc1N1CC(C2(NCc3ccc4[nH]c(C#N)cc4c3C)CC2)C1)C(C)C. The molecule has 222 valence electrons. The van der Waals surface area contributed by atoms with Crippen LogP contribution < -0.4 is 15.0 Å². The molecule has 10 nitrogen and oxygen atoms in total. The number of aryl methyl sites for hydroxylation is 1. The summed E-state index contributed by atoms with van der Waals surface area (Å²) in [5.41, 5.74) is 4.14. The van der Waals surface area contributed by atoms with E-state index >= 15 is 0 Å². The number of aromatic amines is 1. The first-order valence-electron chi connectivity index (χ1n) is 14.7. The molecule has 11 heteroatoms. The van der Waals surface area contributed by atoms with Crippen LogP contribution in [0.1, 0.15) is 60.8 Å². The lowest BCUT2D eigenvalue weighted by molar-refractivity contribution is 0.0713. The Balaban J connectivity index is 1.14. The predicted octanol–water partition coefficient (Wildman–Crippen LogP) is 5.09. The van der Waals surface area contributed by atoms with Gasteiger partial charge in [0.25, 0.3) is 11.8 Å². The fraction of sp³-hybridized carbons (Fsp3) is 0.406. The van der Waals surface area contributed by atoms with Gasteiger partial charge >= 0.3 is 0 Å². The van der Waals surface area contributed by atoms with Crippen molar-refractivity contribution in [1.29, 1.82) is 5.26 Å². The maximum atomic E-state index is 14.2. The number of fused-ring (bicyclic) bond motifs is 1. The Kier molecular flexibility index (Phi) is 7.48. The number of nitrogens with zero attached hydrogens (tertiary/aromatic N) is 6. The van der Waals surface area contributed by atoms with Crippen molar-refractivity contribution in [3.8, 4) is 17.7 Å². The lowest BCUT2D eigenvalue weighted by atomic mass is 9.88. The van der Waals surface area contributed by atoms with Crippen molar-refractivity contribution in [2.24, 2.45) is 5.92 Å². The third-order valence-corrected chi connectivity index (χ3v) is 8.86. The zero-order chi connectivity index (χ0) is 30.3. The number of H-pyrrole nitrogens is 1. The Morgan fingerprint density at radius 3 is 2.77 bits per heavy atom. The number of nitrogens with one attached hydrogen (secondary N) is 2. The molecule has 1 saturated carbocycles. The molecule has 3 heterocycles. The summed E-state index contributed by atoms with van der Waals surface area (Å²) in [5, 5.41) is 22.3. The van der Waals surface area contributed by atoms with Gasteiger partial charge in [0, 0.05) is 54.6 Å². The van der Waals surface area contributed by atoms with Crippen LogP contribution in [0.4, 0.5) is 10.2 Å². The minimum Gasteiger partial charge on any atom is -0.434 e. The second-order valence-corrected chi connectivity index (χ2v) is 11.7. The van der Waals surface area contributed by atoms with E-state index in [1.54, 1.807) is 4.90 Å². The number of aromatic nitrogens is 4. The Bertz CT molecular complexity index is 1720. The third-order valence-electron chi connectivity index (χ3n) is 8.86. The molecule has 1 amide bonds. The number of hydrogen-bond acceptors (Lipinski definition) is 8. The first-order valence-corrected chi connectivity index (χ1v) is 14.7. The zero-order valence-corrected chi connectivity index (χ0v) is 24.8. The fourth-order valence-corrected chi connectivity index (χ4v) is 6.08. The monoisotopic (exact) mass is 582 g/mol. The summed E-state index contributed by atoms with van der Waals surface area (Å²) >= 11 is 0. The Morgan fingerprint density at radius 1 is 1.28 bits per heavy atom. The molecule has 0 atom stereocenters. The van der Waals surface area contributed by atoms with Crippen molar-refractivity contribution < 1.29 is 13.9 Å². The topological polar surface area (TPSA) is 123 Å². The number of anilines is 1. The highest BCUT2D eigenvalue weighted by atomic mass is 19.1. The maximum Gasteiger partial charge on any atom is 0.282 e. The minimum atomic E-state index is -0.518. The van der Waals surface area contributed by atoms with Crippen LogP contribution in [0, 0.1) is 30.0 Å². The van der Waals surface area contributed by atoms with E-state index in [9.17, 15) is 14.4 Å². The van der Waals surface area contributed by atoms with Gasteiger partial charge in [-0.25, -0.2) is 9.37 Å². The number of carbonyl (C=O) groups excluding carboxylic acids is 1. The smallest absolute Gasteiger partial charge is 0.282 e. The van der Waals surface area contributed by atoms with Crippen LogP contribution in [0.2, 0.25) is 0 Å². The predicted molar refractivity (Wildman–Crippen MR) is 160 cm³/mol. The quantitative estimate of drug-likeness (QED) is 0.265. The van der Waals surface area contributed by atoms with E-state index in [1.807, 2.05) is 32.9 Å². The van der Waals surface area contributed by atoms with E-state index in [2.05, 4.69) is 49.4 Å². The van der Waals surface area contributed by atoms with Gasteiger partial charge in [-0.2, -0.15) is 5.26 Å². The summed E-state index contributed by atoms with van der Waals surface area (Å²) < 4.78 is 20.3. The number of nitriles is 1. The molecule has 2 aromatic carbocycles. The van der Waals surface area contributed by atoms with Gasteiger partial charge in [-0.3, -0.25) is 4.79 Å². The number of carbonyl (C=O) groups is 1. The van der Waals surface area contributed by atoms with Gasteiger partial charge < -0.3 is 24.8 Å². The fourth-order valence-electron chi connectivity index (χ4n) is 6.08. The molecule has 2 fully saturated rings. The number of rotatable bonds is 10. The molecule has 0 unspecified atom stereocenters. The van der Waals surface area contributed by atoms with E-state index < -0.39 is 5.82 Å². The Morgan fingerprint density at radius 2 is 2.07 bits per heavy atom. The second kappa shape index (κ2) is 11.3. The first kappa shape index (κ1) is 28.6. The zero-order valence-electron chi connectivity index (χ0n) is 24.8. The number of amides is 1. The summed E-state index contributed by atoms with van der Waals surface area (Å²) in [6.07, 6.45) is 3.59. The van der Waals surface area contributed by atoms with Gasteiger partial charge in [0.15, 0.2) is 5.82 Å². The Labute approximate surface area is 249 Å². The van der Waals surface area contributed by atoms with Crippen LogP contribution in [0.3, 0.4) is 0 Å². The van der Waals surface area contributed by atoms with Crippen molar-refractivity contribution in [1.82, 2.24) is 30.4 Å². The second-order valence-electron chi connectivity index (χ2n) is 11.7. The van der Waals surface area contributed by atoms with Crippen LogP contribution >= 0.6 is 0 Å². The van der Waals surface area contributed by atoms with E-state index in [0.29, 0.717) is 24.0 Å². The van der Waals surface area contributed by atoms with Crippen molar-refractivity contribution in [2.75, 3.05) is 24.5 Å². The highest BCUT2D eigenvalue weighted by molar-refractivity contribution is 5.97. The molecule has 2 aromatic heterocycles. The number of benzene rings is 2. The standard InChI is InChI=1S/C32H35FN8O2/c1-5-41(19(2)3)31(42)26-12-23(33)7-9-28(26)43-30-29(35-18-37-39-30)40-16-22(17-40)32(10-11-32)36-15-21-6-8-27-25(20(21)4)13-24(14-34)38-27/h6-9,12-13,18-19,22,36,38H,5,10-11,15-17H2,1-4H3. The normalized spacial score (nSPS) is 15.8. The van der Waals surface area contributed by atoms with Crippen molar-refractivity contribution in [3.05, 3.63) is 70.9 Å². The van der Waals surface area contributed by atoms with Crippen LogP contribution in [0.15, 0.2) is 42.7 Å². The van der Waals surface area contributed by atoms with E-state index in [0.717, 1.165) is 43.4 Å². The van der Waals surface area contributed by atoms with Gasteiger partial charge in [-0.1, -0.05) is 6.07 Å². The molecule has 43 heavy (non-hydrogen) atoms. The van der Waals surface area contributed by atoms with Crippen LogP contribution in [-0.2, 0) is 6.54 Å². The summed E-state index contributed by atoms with van der Waals surface area (Å²) in [6, 6.07) is 12.1. The molecule has 1 saturated heterocycles. The van der Waals surface area contributed by atoms with Gasteiger partial charge in [0.05, 0.1) is 5.56 Å². The molecule has 6 rings (SSSR count). The van der Waals surface area contributed by atoms with Crippen LogP contribution in [-0.4, -0.2) is 62.2 Å². The van der Waals surface area contributed by atoms with Gasteiger partial charge in [0.2, 0.25) is 0 Å². The average molecular weight is 583 g/mol. The van der Waals surface area contributed by atoms with E-state index in [1.165, 1.54) is 35.7 Å². The van der Waals surface area contributed by atoms with Crippen LogP contribution in [0.5, 0.6) is 11.6 Å². The molecular weight excluding hydrogens is 547 g/mol. The molecule has 0 spiro atoms. The molecule has 2 aliphatic rings. The van der Waals surface area contributed by atoms with Crippen molar-refractivity contribution in [3.63, 3.8) is 0 Å². The molecule has 1 aliphatic heterocycles. The molecule has 4 aromatic rings. The molecular formula is C32H35FN8O2. The number of hydrogen-bond donors (Lipinski definition) is 2. The highest BCUT2D eigenvalue weighted by Gasteiger charge is 2.53. The maximum absolute atomic E-state index is 14.2. The third kappa shape index (κ3) is 5.39. The molecule has 1 aliphatic carbocycles. The summed E-state index contributed by atoms with van der Waals surface area (Å²) in [5.74, 6) is 0.526. The number of ether oxygens (including phenoxy) is 1. The van der Waals surface area contributed by atoms with E-state index in [4.69, 9.17) is 4.74 Å². The van der Waals surface area contributed by atoms with Gasteiger partial charge in [0.1, 0.15) is 29.7 Å². The molecule has 0 bridgehead atoms. The summed E-state index contributed by atoms with van der Waals surface area (Å²) in [4.78, 5) is 24.7. The molecule has 2 N–H and O–H groups in total. The average Bonchev–Trinajstić information content (AvgIpc) is 3.62. The Hall–Kier alpha value is -4.56. The van der Waals surface area contributed by atoms with Gasteiger partial charge in [-0.05, 0) is 82.0 Å². The van der Waals surface area contributed by atoms with Gasteiger partial charge in [-0.15, -0.1) is 10.2 Å². The lowest BCUT2D eigenvalue weighted by Crippen LogP contribution is -2.57. The minimum absolute atomic E-state index is 0.0550. The van der Waals surface area contributed by atoms with Crippen molar-refractivity contribution >= 4 is 22.6 Å². The first-order chi connectivity index (χ1) is 20.7. The molecule has 0 radical (unpaired) electrons. The lowest BCUT2D eigenvalue weighted by Gasteiger charge is -2.45. The number of halogens is 1. The van der Waals surface area contributed by atoms with Crippen LogP contribution in [0.25, 0.3) is 10.9 Å².